The normalized spacial score (nSPS) is 17.9. The summed E-state index contributed by atoms with van der Waals surface area (Å²) in [6, 6.07) is 15.4. The molecular weight excluding hydrogens is 671 g/mol. The molecule has 270 valence electrons. The number of anilines is 2. The lowest BCUT2D eigenvalue weighted by Crippen LogP contribution is -2.67. The van der Waals surface area contributed by atoms with Crippen LogP contribution in [0.5, 0.6) is 5.75 Å². The SMILES string of the molecule is Cc1cccc(NC(=O)N2CCC3(CC2)C(=O)N(c2ccc(C(F)(F)F)cc2)C3c2ccc(OCC(=O)NC(C)C(=O)NC(C)C(=O)O)cc2)c1. The molecule has 12 nitrogen and oxygen atoms in total. The first kappa shape index (κ1) is 36.7. The lowest BCUT2D eigenvalue weighted by Gasteiger charge is -2.59. The highest BCUT2D eigenvalue weighted by atomic mass is 19.4. The molecule has 2 aliphatic rings. The highest BCUT2D eigenvalue weighted by Gasteiger charge is 2.62. The molecule has 2 aliphatic heterocycles. The molecule has 0 aliphatic carbocycles. The van der Waals surface area contributed by atoms with Gasteiger partial charge in [-0.2, -0.15) is 13.2 Å². The number of aryl methyl sites for hydroxylation is 1. The van der Waals surface area contributed by atoms with E-state index in [0.29, 0.717) is 35.5 Å². The average molecular weight is 710 g/mol. The molecule has 0 aromatic heterocycles. The third-order valence-corrected chi connectivity index (χ3v) is 9.18. The summed E-state index contributed by atoms with van der Waals surface area (Å²) in [6.45, 7) is 4.72. The number of hydrogen-bond acceptors (Lipinski definition) is 6. The molecule has 2 heterocycles. The van der Waals surface area contributed by atoms with Crippen molar-refractivity contribution < 1.29 is 47.0 Å². The van der Waals surface area contributed by atoms with Crippen molar-refractivity contribution >= 4 is 41.1 Å². The second-order valence-electron chi connectivity index (χ2n) is 12.8. The number of rotatable bonds is 10. The van der Waals surface area contributed by atoms with Gasteiger partial charge in [0, 0.05) is 24.5 Å². The number of piperidine rings is 1. The average Bonchev–Trinajstić information content (AvgIpc) is 3.09. The molecule has 2 fully saturated rings. The summed E-state index contributed by atoms with van der Waals surface area (Å²) >= 11 is 0. The number of ether oxygens (including phenoxy) is 1. The van der Waals surface area contributed by atoms with Crippen LogP contribution in [-0.4, -0.2) is 71.5 Å². The highest BCUT2D eigenvalue weighted by Crippen LogP contribution is 2.57. The first-order valence-electron chi connectivity index (χ1n) is 16.3. The third kappa shape index (κ3) is 8.08. The summed E-state index contributed by atoms with van der Waals surface area (Å²) in [5.74, 6) is -2.48. The molecule has 0 saturated carbocycles. The molecule has 3 aromatic rings. The summed E-state index contributed by atoms with van der Waals surface area (Å²) in [4.78, 5) is 65.7. The summed E-state index contributed by atoms with van der Waals surface area (Å²) < 4.78 is 45.5. The van der Waals surface area contributed by atoms with Gasteiger partial charge in [-0.25, -0.2) is 4.79 Å². The molecule has 5 rings (SSSR count). The Morgan fingerprint density at radius 2 is 1.59 bits per heavy atom. The first-order valence-corrected chi connectivity index (χ1v) is 16.3. The number of carboxylic acids is 1. The van der Waals surface area contributed by atoms with E-state index in [2.05, 4.69) is 16.0 Å². The topological polar surface area (TPSA) is 157 Å². The summed E-state index contributed by atoms with van der Waals surface area (Å²) in [6.07, 6.45) is -3.89. The fourth-order valence-electron chi connectivity index (χ4n) is 6.37. The monoisotopic (exact) mass is 709 g/mol. The number of carbonyl (C=O) groups is 5. The molecule has 51 heavy (non-hydrogen) atoms. The Kier molecular flexibility index (Phi) is 10.6. The number of nitrogens with one attached hydrogen (secondary N) is 3. The fourth-order valence-corrected chi connectivity index (χ4v) is 6.37. The van der Waals surface area contributed by atoms with Crippen molar-refractivity contribution in [2.45, 2.75) is 57.9 Å². The molecule has 0 radical (unpaired) electrons. The molecule has 0 bridgehead atoms. The second kappa shape index (κ2) is 14.7. The molecule has 4 N–H and O–H groups in total. The molecule has 2 saturated heterocycles. The summed E-state index contributed by atoms with van der Waals surface area (Å²) in [5.41, 5.74) is 0.864. The van der Waals surface area contributed by atoms with Gasteiger partial charge in [-0.15, -0.1) is 0 Å². The zero-order valence-corrected chi connectivity index (χ0v) is 28.1. The number of β-lactam (4-membered cyclic amide) rings is 1. The first-order chi connectivity index (χ1) is 24.1. The zero-order valence-electron chi connectivity index (χ0n) is 28.1. The van der Waals surface area contributed by atoms with Crippen molar-refractivity contribution in [3.05, 3.63) is 89.5 Å². The van der Waals surface area contributed by atoms with Crippen LogP contribution in [0.2, 0.25) is 0 Å². The zero-order chi connectivity index (χ0) is 37.1. The molecule has 1 spiro atoms. The van der Waals surface area contributed by atoms with Crippen molar-refractivity contribution in [3.63, 3.8) is 0 Å². The Hall–Kier alpha value is -5.60. The van der Waals surface area contributed by atoms with E-state index in [1.165, 1.54) is 30.9 Å². The number of urea groups is 1. The summed E-state index contributed by atoms with van der Waals surface area (Å²) in [7, 11) is 0. The molecule has 3 unspecified atom stereocenters. The number of alkyl halides is 3. The van der Waals surface area contributed by atoms with Crippen LogP contribution < -0.4 is 25.6 Å². The van der Waals surface area contributed by atoms with Gasteiger partial charge in [-0.1, -0.05) is 24.3 Å². The Morgan fingerprint density at radius 3 is 2.18 bits per heavy atom. The van der Waals surface area contributed by atoms with Crippen molar-refractivity contribution in [2.24, 2.45) is 5.41 Å². The van der Waals surface area contributed by atoms with Crippen molar-refractivity contribution in [1.82, 2.24) is 15.5 Å². The van der Waals surface area contributed by atoms with Crippen molar-refractivity contribution in [1.29, 1.82) is 0 Å². The minimum atomic E-state index is -4.54. The van der Waals surface area contributed by atoms with Gasteiger partial charge in [0.15, 0.2) is 6.61 Å². The molecular formula is C36H38F3N5O7. The quantitative estimate of drug-likeness (QED) is 0.219. The Bertz CT molecular complexity index is 1790. The van der Waals surface area contributed by atoms with Crippen LogP contribution in [0.4, 0.5) is 29.3 Å². The number of nitrogens with zero attached hydrogens (tertiary/aromatic N) is 2. The maximum atomic E-state index is 13.9. The van der Waals surface area contributed by atoms with Crippen LogP contribution in [0, 0.1) is 12.3 Å². The van der Waals surface area contributed by atoms with Crippen molar-refractivity contribution in [2.75, 3.05) is 29.9 Å². The van der Waals surface area contributed by atoms with E-state index < -0.39 is 59.7 Å². The van der Waals surface area contributed by atoms with Crippen molar-refractivity contribution in [3.8, 4) is 5.75 Å². The van der Waals surface area contributed by atoms with Gasteiger partial charge in [-0.05, 0) is 93.3 Å². The van der Waals surface area contributed by atoms with Crippen LogP contribution in [-0.2, 0) is 25.4 Å². The van der Waals surface area contributed by atoms with Crippen LogP contribution >= 0.6 is 0 Å². The minimum Gasteiger partial charge on any atom is -0.484 e. The lowest BCUT2D eigenvalue weighted by molar-refractivity contribution is -0.144. The van der Waals surface area contributed by atoms with Gasteiger partial charge >= 0.3 is 18.2 Å². The number of halogens is 3. The maximum Gasteiger partial charge on any atom is 0.416 e. The fraction of sp³-hybridized carbons (Fsp3) is 0.361. The maximum absolute atomic E-state index is 13.9. The molecule has 3 aromatic carbocycles. The third-order valence-electron chi connectivity index (χ3n) is 9.18. The van der Waals surface area contributed by atoms with Gasteiger partial charge in [0.2, 0.25) is 11.8 Å². The van der Waals surface area contributed by atoms with E-state index in [1.54, 1.807) is 35.2 Å². The number of likely N-dealkylation sites (tertiary alicyclic amines) is 1. The Morgan fingerprint density at radius 1 is 0.941 bits per heavy atom. The van der Waals surface area contributed by atoms with E-state index in [9.17, 15) is 37.1 Å². The Labute approximate surface area is 291 Å². The highest BCUT2D eigenvalue weighted by molar-refractivity contribution is 6.06. The van der Waals surface area contributed by atoms with Crippen LogP contribution in [0.15, 0.2) is 72.8 Å². The predicted molar refractivity (Wildman–Crippen MR) is 180 cm³/mol. The van der Waals surface area contributed by atoms with Crippen LogP contribution in [0.1, 0.15) is 49.4 Å². The molecule has 5 amide bonds. The number of hydrogen-bond donors (Lipinski definition) is 4. The number of amides is 5. The van der Waals surface area contributed by atoms with E-state index in [0.717, 1.165) is 17.7 Å². The van der Waals surface area contributed by atoms with Gasteiger partial charge < -0.3 is 35.6 Å². The number of benzene rings is 3. The van der Waals surface area contributed by atoms with Gasteiger partial charge in [0.05, 0.1) is 17.0 Å². The summed E-state index contributed by atoms with van der Waals surface area (Å²) in [5, 5.41) is 16.5. The number of carboxylic acid groups (broad SMARTS) is 1. The van der Waals surface area contributed by atoms with E-state index >= 15 is 0 Å². The molecule has 15 heteroatoms. The number of carbonyl (C=O) groups excluding carboxylic acids is 4. The lowest BCUT2D eigenvalue weighted by atomic mass is 9.62. The van der Waals surface area contributed by atoms with E-state index in [4.69, 9.17) is 9.84 Å². The Balaban J connectivity index is 1.29. The number of aliphatic carboxylic acids is 1. The van der Waals surface area contributed by atoms with E-state index in [1.807, 2.05) is 25.1 Å². The van der Waals surface area contributed by atoms with Gasteiger partial charge in [0.1, 0.15) is 17.8 Å². The van der Waals surface area contributed by atoms with Gasteiger partial charge in [-0.3, -0.25) is 19.2 Å². The van der Waals surface area contributed by atoms with Crippen LogP contribution in [0.3, 0.4) is 0 Å². The molecule has 3 atom stereocenters. The predicted octanol–water partition coefficient (Wildman–Crippen LogP) is 4.89. The largest absolute Gasteiger partial charge is 0.484 e. The second-order valence-corrected chi connectivity index (χ2v) is 12.8. The standard InChI is InChI=1S/C36H38F3N5O7/c1-21-5-4-6-26(19-21)42-34(50)43-17-15-35(16-18-43)30(44(33(35)49)27-11-9-25(10-12-27)36(37,38)39)24-7-13-28(14-8-24)51-20-29(45)40-22(2)31(46)41-23(3)32(47)48/h4-14,19,22-23,30H,15-18,20H2,1-3H3,(H,40,45)(H,41,46)(H,42,50)(H,47,48). The van der Waals surface area contributed by atoms with Gasteiger partial charge in [0.25, 0.3) is 5.91 Å². The van der Waals surface area contributed by atoms with Crippen LogP contribution in [0.25, 0.3) is 0 Å². The smallest absolute Gasteiger partial charge is 0.416 e. The van der Waals surface area contributed by atoms with E-state index in [-0.39, 0.29) is 25.0 Å². The minimum absolute atomic E-state index is 0.251.